The Morgan fingerprint density at radius 3 is 2.22 bits per heavy atom. The van der Waals surface area contributed by atoms with E-state index in [9.17, 15) is 4.79 Å². The van der Waals surface area contributed by atoms with Gasteiger partial charge < -0.3 is 9.47 Å². The van der Waals surface area contributed by atoms with Crippen LogP contribution in [0.2, 0.25) is 0 Å². The number of ketones is 1. The predicted molar refractivity (Wildman–Crippen MR) is 67.9 cm³/mol. The standard InChI is InChI=1S/C14H17NO3/c1-4-10(5-6-15)14(16)11-7-12(17-2)9-13(8-11)18-3/h7-10H,4-5H2,1-3H3. The summed E-state index contributed by atoms with van der Waals surface area (Å²) in [7, 11) is 3.07. The number of rotatable bonds is 6. The molecular weight excluding hydrogens is 230 g/mol. The van der Waals surface area contributed by atoms with E-state index in [1.165, 1.54) is 14.2 Å². The van der Waals surface area contributed by atoms with Crippen LogP contribution in [0.5, 0.6) is 11.5 Å². The first-order valence-corrected chi connectivity index (χ1v) is 5.80. The van der Waals surface area contributed by atoms with Gasteiger partial charge in [-0.05, 0) is 18.6 Å². The third kappa shape index (κ3) is 3.24. The van der Waals surface area contributed by atoms with Gasteiger partial charge in [-0.2, -0.15) is 5.26 Å². The molecule has 1 rings (SSSR count). The topological polar surface area (TPSA) is 59.3 Å². The van der Waals surface area contributed by atoms with Crippen LogP contribution >= 0.6 is 0 Å². The van der Waals surface area contributed by atoms with Gasteiger partial charge in [-0.25, -0.2) is 0 Å². The zero-order valence-electron chi connectivity index (χ0n) is 10.9. The summed E-state index contributed by atoms with van der Waals surface area (Å²) in [6.45, 7) is 1.90. The maximum Gasteiger partial charge on any atom is 0.167 e. The molecule has 0 saturated carbocycles. The molecule has 0 aromatic heterocycles. The minimum absolute atomic E-state index is 0.0451. The van der Waals surface area contributed by atoms with E-state index in [2.05, 4.69) is 0 Å². The molecule has 0 heterocycles. The molecule has 18 heavy (non-hydrogen) atoms. The highest BCUT2D eigenvalue weighted by molar-refractivity contribution is 5.98. The molecule has 1 unspecified atom stereocenters. The van der Waals surface area contributed by atoms with Crippen molar-refractivity contribution in [3.05, 3.63) is 23.8 Å². The molecule has 0 amide bonds. The fourth-order valence-electron chi connectivity index (χ4n) is 1.72. The van der Waals surface area contributed by atoms with Gasteiger partial charge >= 0.3 is 0 Å². The Kier molecular flexibility index (Phi) is 5.19. The second-order valence-corrected chi connectivity index (χ2v) is 3.93. The molecule has 1 atom stereocenters. The minimum Gasteiger partial charge on any atom is -0.497 e. The third-order valence-corrected chi connectivity index (χ3v) is 2.84. The van der Waals surface area contributed by atoms with Crippen molar-refractivity contribution in [3.8, 4) is 17.6 Å². The van der Waals surface area contributed by atoms with E-state index in [4.69, 9.17) is 14.7 Å². The van der Waals surface area contributed by atoms with Crippen molar-refractivity contribution < 1.29 is 14.3 Å². The fraction of sp³-hybridized carbons (Fsp3) is 0.429. The van der Waals surface area contributed by atoms with Crippen LogP contribution in [-0.4, -0.2) is 20.0 Å². The fourth-order valence-corrected chi connectivity index (χ4v) is 1.72. The Morgan fingerprint density at radius 1 is 1.28 bits per heavy atom. The van der Waals surface area contributed by atoms with Crippen LogP contribution in [0.3, 0.4) is 0 Å². The molecule has 0 aliphatic heterocycles. The first-order valence-electron chi connectivity index (χ1n) is 5.80. The van der Waals surface area contributed by atoms with Crippen LogP contribution in [0.25, 0.3) is 0 Å². The average Bonchev–Trinajstić information content (AvgIpc) is 2.43. The molecular formula is C14H17NO3. The maximum atomic E-state index is 12.2. The molecule has 0 fully saturated rings. The zero-order chi connectivity index (χ0) is 13.5. The van der Waals surface area contributed by atoms with Crippen LogP contribution in [0, 0.1) is 17.2 Å². The SMILES string of the molecule is CCC(CC#N)C(=O)c1cc(OC)cc(OC)c1. The number of carbonyl (C=O) groups excluding carboxylic acids is 1. The van der Waals surface area contributed by atoms with Gasteiger partial charge in [0.15, 0.2) is 5.78 Å². The number of hydrogen-bond acceptors (Lipinski definition) is 4. The van der Waals surface area contributed by atoms with Gasteiger partial charge in [0.1, 0.15) is 11.5 Å². The van der Waals surface area contributed by atoms with Gasteiger partial charge in [0.2, 0.25) is 0 Å². The van der Waals surface area contributed by atoms with Crippen molar-refractivity contribution in [2.75, 3.05) is 14.2 Å². The highest BCUT2D eigenvalue weighted by Crippen LogP contribution is 2.25. The number of hydrogen-bond donors (Lipinski definition) is 0. The molecule has 0 spiro atoms. The van der Waals surface area contributed by atoms with Crippen LogP contribution < -0.4 is 9.47 Å². The lowest BCUT2D eigenvalue weighted by atomic mass is 9.92. The Hall–Kier alpha value is -2.02. The number of nitriles is 1. The number of ether oxygens (including phenoxy) is 2. The smallest absolute Gasteiger partial charge is 0.167 e. The van der Waals surface area contributed by atoms with Gasteiger partial charge in [0.05, 0.1) is 20.3 Å². The maximum absolute atomic E-state index is 12.2. The summed E-state index contributed by atoms with van der Waals surface area (Å²) in [6, 6.07) is 7.10. The Labute approximate surface area is 107 Å². The normalized spacial score (nSPS) is 11.4. The van der Waals surface area contributed by atoms with Crippen LogP contribution in [0.15, 0.2) is 18.2 Å². The number of Topliss-reactive ketones (excluding diaryl/α,β-unsaturated/α-hetero) is 1. The number of carbonyl (C=O) groups is 1. The second-order valence-electron chi connectivity index (χ2n) is 3.93. The van der Waals surface area contributed by atoms with E-state index in [-0.39, 0.29) is 18.1 Å². The number of nitrogens with zero attached hydrogens (tertiary/aromatic N) is 1. The zero-order valence-corrected chi connectivity index (χ0v) is 10.9. The molecule has 0 radical (unpaired) electrons. The Balaban J connectivity index is 3.07. The first-order chi connectivity index (χ1) is 8.65. The summed E-state index contributed by atoms with van der Waals surface area (Å²) in [6.07, 6.45) is 0.876. The van der Waals surface area contributed by atoms with Crippen LogP contribution in [0.1, 0.15) is 30.1 Å². The molecule has 4 heteroatoms. The summed E-state index contributed by atoms with van der Waals surface area (Å²) >= 11 is 0. The van der Waals surface area contributed by atoms with E-state index < -0.39 is 0 Å². The Bertz CT molecular complexity index is 440. The van der Waals surface area contributed by atoms with E-state index >= 15 is 0 Å². The molecule has 0 aliphatic rings. The van der Waals surface area contributed by atoms with Crippen molar-refractivity contribution in [2.24, 2.45) is 5.92 Å². The largest absolute Gasteiger partial charge is 0.497 e. The summed E-state index contributed by atoms with van der Waals surface area (Å²) in [4.78, 5) is 12.2. The molecule has 0 aliphatic carbocycles. The van der Waals surface area contributed by atoms with Crippen LogP contribution in [0.4, 0.5) is 0 Å². The summed E-state index contributed by atoms with van der Waals surface area (Å²) in [5.41, 5.74) is 0.522. The van der Waals surface area contributed by atoms with E-state index in [0.717, 1.165) is 0 Å². The van der Waals surface area contributed by atoms with Crippen molar-refractivity contribution in [3.63, 3.8) is 0 Å². The van der Waals surface area contributed by atoms with E-state index in [1.54, 1.807) is 18.2 Å². The van der Waals surface area contributed by atoms with E-state index in [0.29, 0.717) is 23.5 Å². The van der Waals surface area contributed by atoms with Gasteiger partial charge in [0, 0.05) is 24.0 Å². The quantitative estimate of drug-likeness (QED) is 0.725. The molecule has 4 nitrogen and oxygen atoms in total. The predicted octanol–water partition coefficient (Wildman–Crippen LogP) is 2.83. The lowest BCUT2D eigenvalue weighted by Crippen LogP contribution is -2.13. The van der Waals surface area contributed by atoms with Crippen molar-refractivity contribution >= 4 is 5.78 Å². The molecule has 1 aromatic rings. The molecule has 96 valence electrons. The van der Waals surface area contributed by atoms with Crippen LogP contribution in [-0.2, 0) is 0 Å². The number of methoxy groups -OCH3 is 2. The molecule has 1 aromatic carbocycles. The summed E-state index contributed by atoms with van der Waals surface area (Å²) in [5.74, 6) is 0.831. The van der Waals surface area contributed by atoms with Gasteiger partial charge in [-0.1, -0.05) is 6.92 Å². The average molecular weight is 247 g/mol. The Morgan fingerprint density at radius 2 is 1.83 bits per heavy atom. The second kappa shape index (κ2) is 6.65. The lowest BCUT2D eigenvalue weighted by molar-refractivity contribution is 0.0918. The third-order valence-electron chi connectivity index (χ3n) is 2.84. The summed E-state index contributed by atoms with van der Waals surface area (Å²) < 4.78 is 10.2. The van der Waals surface area contributed by atoms with Crippen molar-refractivity contribution in [1.29, 1.82) is 5.26 Å². The molecule has 0 bridgehead atoms. The van der Waals surface area contributed by atoms with Gasteiger partial charge in [-0.15, -0.1) is 0 Å². The van der Waals surface area contributed by atoms with Gasteiger partial charge in [-0.3, -0.25) is 4.79 Å². The number of benzene rings is 1. The summed E-state index contributed by atoms with van der Waals surface area (Å²) in [5, 5.41) is 8.71. The van der Waals surface area contributed by atoms with Gasteiger partial charge in [0.25, 0.3) is 0 Å². The highest BCUT2D eigenvalue weighted by Gasteiger charge is 2.19. The highest BCUT2D eigenvalue weighted by atomic mass is 16.5. The molecule has 0 saturated heterocycles. The monoisotopic (exact) mass is 247 g/mol. The van der Waals surface area contributed by atoms with E-state index in [1.807, 2.05) is 13.0 Å². The van der Waals surface area contributed by atoms with Crippen molar-refractivity contribution in [2.45, 2.75) is 19.8 Å². The lowest BCUT2D eigenvalue weighted by Gasteiger charge is -2.12. The minimum atomic E-state index is -0.271. The molecule has 0 N–H and O–H groups in total. The first kappa shape index (κ1) is 14.0. The van der Waals surface area contributed by atoms with Crippen molar-refractivity contribution in [1.82, 2.24) is 0 Å².